The van der Waals surface area contributed by atoms with Crippen molar-refractivity contribution < 1.29 is 13.5 Å². The summed E-state index contributed by atoms with van der Waals surface area (Å²) >= 11 is 0. The fraction of sp³-hybridized carbons (Fsp3) is 0.538. The van der Waals surface area contributed by atoms with Gasteiger partial charge in [-0.3, -0.25) is 0 Å². The van der Waals surface area contributed by atoms with Gasteiger partial charge in [-0.05, 0) is 31.4 Å². The van der Waals surface area contributed by atoms with Gasteiger partial charge in [-0.25, -0.2) is 8.78 Å². The summed E-state index contributed by atoms with van der Waals surface area (Å²) in [7, 11) is 0. The van der Waals surface area contributed by atoms with Crippen LogP contribution in [0.5, 0.6) is 0 Å². The number of morpholine rings is 1. The predicted molar refractivity (Wildman–Crippen MR) is 65.5 cm³/mol. The molecule has 3 nitrogen and oxygen atoms in total. The maximum Gasteiger partial charge on any atom is 0.151 e. The second-order valence-electron chi connectivity index (χ2n) is 4.93. The normalized spacial score (nSPS) is 27.3. The summed E-state index contributed by atoms with van der Waals surface area (Å²) in [6, 6.07) is 2.45. The van der Waals surface area contributed by atoms with E-state index in [4.69, 9.17) is 10.5 Å². The van der Waals surface area contributed by atoms with Gasteiger partial charge in [0.05, 0.1) is 18.8 Å². The summed E-state index contributed by atoms with van der Waals surface area (Å²) in [6.45, 7) is 1.04. The zero-order valence-corrected chi connectivity index (χ0v) is 10.0. The molecule has 1 aliphatic carbocycles. The summed E-state index contributed by atoms with van der Waals surface area (Å²) < 4.78 is 33.5. The van der Waals surface area contributed by atoms with Crippen molar-refractivity contribution in [3.63, 3.8) is 0 Å². The smallest absolute Gasteiger partial charge is 0.151 e. The lowest BCUT2D eigenvalue weighted by molar-refractivity contribution is 0.0251. The molecule has 0 aromatic heterocycles. The Morgan fingerprint density at radius 2 is 1.94 bits per heavy atom. The van der Waals surface area contributed by atoms with Gasteiger partial charge in [-0.1, -0.05) is 0 Å². The first kappa shape index (κ1) is 11.7. The molecule has 0 amide bonds. The fourth-order valence-electron chi connectivity index (χ4n) is 3.06. The number of nitrogen functional groups attached to an aromatic ring is 1. The van der Waals surface area contributed by atoms with Gasteiger partial charge < -0.3 is 15.4 Å². The number of nitrogens with zero attached hydrogens (tertiary/aromatic N) is 1. The first-order valence-electron chi connectivity index (χ1n) is 6.29. The molecule has 2 fully saturated rings. The monoisotopic (exact) mass is 254 g/mol. The number of anilines is 2. The lowest BCUT2D eigenvalue weighted by Gasteiger charge is -2.39. The molecule has 1 aliphatic heterocycles. The van der Waals surface area contributed by atoms with Crippen LogP contribution in [0, 0.1) is 11.6 Å². The highest BCUT2D eigenvalue weighted by molar-refractivity contribution is 5.57. The van der Waals surface area contributed by atoms with Gasteiger partial charge >= 0.3 is 0 Å². The van der Waals surface area contributed by atoms with E-state index in [0.717, 1.165) is 19.3 Å². The molecular formula is C13H16F2N2O. The molecule has 1 heterocycles. The molecular weight excluding hydrogens is 238 g/mol. The van der Waals surface area contributed by atoms with E-state index in [2.05, 4.69) is 0 Å². The summed E-state index contributed by atoms with van der Waals surface area (Å²) in [6.07, 6.45) is 3.05. The maximum absolute atomic E-state index is 14.0. The second-order valence-corrected chi connectivity index (χ2v) is 4.93. The topological polar surface area (TPSA) is 38.5 Å². The Bertz CT molecular complexity index is 443. The Morgan fingerprint density at radius 3 is 2.67 bits per heavy atom. The third kappa shape index (κ3) is 1.82. The Labute approximate surface area is 105 Å². The van der Waals surface area contributed by atoms with Crippen LogP contribution in [0.3, 0.4) is 0 Å². The number of hydrogen-bond donors (Lipinski definition) is 1. The van der Waals surface area contributed by atoms with E-state index in [1.165, 1.54) is 12.1 Å². The zero-order valence-electron chi connectivity index (χ0n) is 10.0. The van der Waals surface area contributed by atoms with Crippen LogP contribution >= 0.6 is 0 Å². The number of halogens is 2. The van der Waals surface area contributed by atoms with Crippen LogP contribution in [0.4, 0.5) is 20.2 Å². The molecule has 0 bridgehead atoms. The van der Waals surface area contributed by atoms with Crippen LogP contribution in [0.25, 0.3) is 0 Å². The molecule has 18 heavy (non-hydrogen) atoms. The van der Waals surface area contributed by atoms with E-state index in [1.54, 1.807) is 0 Å². The molecule has 0 spiro atoms. The minimum Gasteiger partial charge on any atom is -0.399 e. The maximum atomic E-state index is 14.0. The molecule has 2 atom stereocenters. The number of ether oxygens (including phenoxy) is 1. The third-order valence-electron chi connectivity index (χ3n) is 3.81. The zero-order chi connectivity index (χ0) is 12.7. The van der Waals surface area contributed by atoms with Crippen LogP contribution in [-0.2, 0) is 4.74 Å². The van der Waals surface area contributed by atoms with Crippen molar-refractivity contribution in [3.8, 4) is 0 Å². The average molecular weight is 254 g/mol. The minimum absolute atomic E-state index is 0.0457. The second kappa shape index (κ2) is 4.39. The van der Waals surface area contributed by atoms with E-state index in [0.29, 0.717) is 13.2 Å². The highest BCUT2D eigenvalue weighted by Crippen LogP contribution is 2.36. The van der Waals surface area contributed by atoms with Crippen molar-refractivity contribution in [2.45, 2.75) is 31.4 Å². The quantitative estimate of drug-likeness (QED) is 0.781. The molecule has 2 N–H and O–H groups in total. The van der Waals surface area contributed by atoms with Crippen molar-refractivity contribution in [2.24, 2.45) is 0 Å². The predicted octanol–water partition coefficient (Wildman–Crippen LogP) is 2.30. The Balaban J connectivity index is 1.98. The summed E-state index contributed by atoms with van der Waals surface area (Å²) in [5.74, 6) is -1.17. The van der Waals surface area contributed by atoms with Crippen LogP contribution in [0.2, 0.25) is 0 Å². The van der Waals surface area contributed by atoms with Crippen molar-refractivity contribution in [1.29, 1.82) is 0 Å². The summed E-state index contributed by atoms with van der Waals surface area (Å²) in [4.78, 5) is 1.81. The van der Waals surface area contributed by atoms with Crippen molar-refractivity contribution in [1.82, 2.24) is 0 Å². The standard InChI is InChI=1S/C13H16F2N2O/c14-9-6-8(16)7-10(15)13(9)17-4-5-18-12-3-1-2-11(12)17/h6-7,11-12H,1-5,16H2. The van der Waals surface area contributed by atoms with Crippen molar-refractivity contribution in [2.75, 3.05) is 23.8 Å². The molecule has 3 rings (SSSR count). The van der Waals surface area contributed by atoms with Gasteiger partial charge in [0, 0.05) is 12.2 Å². The van der Waals surface area contributed by atoms with Gasteiger partial charge in [0.25, 0.3) is 0 Å². The largest absolute Gasteiger partial charge is 0.399 e. The summed E-state index contributed by atoms with van der Waals surface area (Å²) in [5.41, 5.74) is 5.60. The molecule has 0 radical (unpaired) electrons. The number of rotatable bonds is 1. The molecule has 1 saturated heterocycles. The SMILES string of the molecule is Nc1cc(F)c(N2CCOC3CCCC32)c(F)c1. The van der Waals surface area contributed by atoms with Crippen molar-refractivity contribution >= 4 is 11.4 Å². The fourth-order valence-corrected chi connectivity index (χ4v) is 3.06. The van der Waals surface area contributed by atoms with Gasteiger partial charge in [-0.2, -0.15) is 0 Å². The molecule has 2 aliphatic rings. The van der Waals surface area contributed by atoms with E-state index >= 15 is 0 Å². The highest BCUT2D eigenvalue weighted by atomic mass is 19.1. The third-order valence-corrected chi connectivity index (χ3v) is 3.81. The number of fused-ring (bicyclic) bond motifs is 1. The first-order chi connectivity index (χ1) is 8.66. The van der Waals surface area contributed by atoms with Gasteiger partial charge in [0.2, 0.25) is 0 Å². The summed E-state index contributed by atoms with van der Waals surface area (Å²) in [5, 5.41) is 0. The molecule has 98 valence electrons. The number of benzene rings is 1. The van der Waals surface area contributed by atoms with Crippen LogP contribution in [-0.4, -0.2) is 25.3 Å². The van der Waals surface area contributed by atoms with Crippen LogP contribution in [0.1, 0.15) is 19.3 Å². The Morgan fingerprint density at radius 1 is 1.22 bits per heavy atom. The van der Waals surface area contributed by atoms with E-state index in [9.17, 15) is 8.78 Å². The molecule has 2 unspecified atom stereocenters. The van der Waals surface area contributed by atoms with E-state index < -0.39 is 11.6 Å². The number of nitrogens with two attached hydrogens (primary N) is 1. The number of hydrogen-bond acceptors (Lipinski definition) is 3. The average Bonchev–Trinajstić information content (AvgIpc) is 2.76. The van der Waals surface area contributed by atoms with Crippen molar-refractivity contribution in [3.05, 3.63) is 23.8 Å². The van der Waals surface area contributed by atoms with Gasteiger partial charge in [0.15, 0.2) is 11.6 Å². The molecule has 5 heteroatoms. The lowest BCUT2D eigenvalue weighted by atomic mass is 10.1. The minimum atomic E-state index is -0.583. The van der Waals surface area contributed by atoms with E-state index in [-0.39, 0.29) is 23.5 Å². The van der Waals surface area contributed by atoms with Gasteiger partial charge in [0.1, 0.15) is 5.69 Å². The lowest BCUT2D eigenvalue weighted by Crippen LogP contribution is -2.49. The van der Waals surface area contributed by atoms with E-state index in [1.807, 2.05) is 4.90 Å². The van der Waals surface area contributed by atoms with Crippen LogP contribution in [0.15, 0.2) is 12.1 Å². The van der Waals surface area contributed by atoms with Gasteiger partial charge in [-0.15, -0.1) is 0 Å². The first-order valence-corrected chi connectivity index (χ1v) is 6.29. The Kier molecular flexibility index (Phi) is 2.86. The molecule has 1 saturated carbocycles. The van der Waals surface area contributed by atoms with Crippen LogP contribution < -0.4 is 10.6 Å². The molecule has 1 aromatic carbocycles. The highest BCUT2D eigenvalue weighted by Gasteiger charge is 2.38. The molecule has 1 aromatic rings. The Hall–Kier alpha value is -1.36.